The Morgan fingerprint density at radius 1 is 0.769 bits per heavy atom. The molecule has 0 aliphatic rings. The number of rotatable bonds is 12. The Morgan fingerprint density at radius 3 is 1.69 bits per heavy atom. The van der Waals surface area contributed by atoms with Crippen LogP contribution in [0.3, 0.4) is 0 Å². The van der Waals surface area contributed by atoms with Gasteiger partial charge in [0.25, 0.3) is 0 Å². The third-order valence-corrected chi connectivity index (χ3v) is 3.15. The molecule has 0 aliphatic carbocycles. The standard InChI is InChI=1S/C14H22O12/c1-6(26-14(24)10(18)8(16)12(21)22)4-2-3-5-25-13(23)9(17)7(15)11(19)20/h6-10,15-18H,2-5H2,1H3,(H,19,20)(H,21,22). The fourth-order valence-electron chi connectivity index (χ4n) is 1.65. The first kappa shape index (κ1) is 23.7. The number of carbonyl (C=O) groups is 4. The fourth-order valence-corrected chi connectivity index (χ4v) is 1.65. The van der Waals surface area contributed by atoms with Gasteiger partial charge in [0.1, 0.15) is 0 Å². The lowest BCUT2D eigenvalue weighted by atomic mass is 10.1. The lowest BCUT2D eigenvalue weighted by molar-refractivity contribution is -0.173. The van der Waals surface area contributed by atoms with E-state index in [1.807, 2.05) is 0 Å². The van der Waals surface area contributed by atoms with E-state index in [2.05, 4.69) is 4.74 Å². The van der Waals surface area contributed by atoms with Gasteiger partial charge >= 0.3 is 23.9 Å². The van der Waals surface area contributed by atoms with Crippen LogP contribution >= 0.6 is 0 Å². The number of hydrogen-bond acceptors (Lipinski definition) is 10. The van der Waals surface area contributed by atoms with Crippen LogP contribution in [0.1, 0.15) is 26.2 Å². The minimum Gasteiger partial charge on any atom is -0.479 e. The third-order valence-electron chi connectivity index (χ3n) is 3.15. The van der Waals surface area contributed by atoms with E-state index in [4.69, 9.17) is 25.2 Å². The van der Waals surface area contributed by atoms with Crippen molar-refractivity contribution < 1.29 is 59.3 Å². The van der Waals surface area contributed by atoms with Gasteiger partial charge < -0.3 is 40.1 Å². The van der Waals surface area contributed by atoms with Crippen LogP contribution in [0.15, 0.2) is 0 Å². The van der Waals surface area contributed by atoms with E-state index < -0.39 is 54.4 Å². The second-order valence-electron chi connectivity index (χ2n) is 5.37. The fraction of sp³-hybridized carbons (Fsp3) is 0.714. The maximum Gasteiger partial charge on any atom is 0.338 e. The molecule has 0 heterocycles. The molecule has 0 aromatic carbocycles. The summed E-state index contributed by atoms with van der Waals surface area (Å²) in [4.78, 5) is 43.5. The Hall–Kier alpha value is -2.28. The van der Waals surface area contributed by atoms with E-state index >= 15 is 0 Å². The molecule has 0 saturated heterocycles. The summed E-state index contributed by atoms with van der Waals surface area (Å²) >= 11 is 0. The maximum atomic E-state index is 11.4. The predicted molar refractivity (Wildman–Crippen MR) is 79.7 cm³/mol. The molecule has 0 bridgehead atoms. The minimum absolute atomic E-state index is 0.191. The molecule has 0 aromatic rings. The molecule has 12 nitrogen and oxygen atoms in total. The van der Waals surface area contributed by atoms with Crippen molar-refractivity contribution in [3.8, 4) is 0 Å². The molecule has 0 rings (SSSR count). The number of aliphatic hydroxyl groups excluding tert-OH is 4. The molecular formula is C14H22O12. The number of carboxylic acids is 2. The monoisotopic (exact) mass is 382 g/mol. The highest BCUT2D eigenvalue weighted by Gasteiger charge is 2.32. The molecule has 0 amide bonds. The average molecular weight is 382 g/mol. The highest BCUT2D eigenvalue weighted by atomic mass is 16.6. The topological polar surface area (TPSA) is 208 Å². The molecule has 12 heteroatoms. The van der Waals surface area contributed by atoms with Gasteiger partial charge in [0, 0.05) is 0 Å². The summed E-state index contributed by atoms with van der Waals surface area (Å²) < 4.78 is 9.32. The van der Waals surface area contributed by atoms with Crippen LogP contribution in [0.25, 0.3) is 0 Å². The van der Waals surface area contributed by atoms with Crippen molar-refractivity contribution in [1.82, 2.24) is 0 Å². The summed E-state index contributed by atoms with van der Waals surface area (Å²) in [6, 6.07) is 0. The van der Waals surface area contributed by atoms with Crippen molar-refractivity contribution in [1.29, 1.82) is 0 Å². The number of carboxylic acid groups (broad SMARTS) is 2. The van der Waals surface area contributed by atoms with Gasteiger partial charge in [-0.1, -0.05) is 0 Å². The van der Waals surface area contributed by atoms with Gasteiger partial charge in [0.05, 0.1) is 12.7 Å². The summed E-state index contributed by atoms with van der Waals surface area (Å²) in [6.07, 6.45) is -8.91. The van der Waals surface area contributed by atoms with Crippen LogP contribution in [0.5, 0.6) is 0 Å². The van der Waals surface area contributed by atoms with Gasteiger partial charge in [-0.2, -0.15) is 0 Å². The first-order chi connectivity index (χ1) is 12.0. The van der Waals surface area contributed by atoms with E-state index in [0.29, 0.717) is 6.42 Å². The third kappa shape index (κ3) is 8.20. The van der Waals surface area contributed by atoms with Crippen LogP contribution < -0.4 is 0 Å². The highest BCUT2D eigenvalue weighted by molar-refractivity contribution is 5.84. The van der Waals surface area contributed by atoms with E-state index in [1.54, 1.807) is 0 Å². The molecular weight excluding hydrogens is 360 g/mol. The van der Waals surface area contributed by atoms with Gasteiger partial charge in [-0.15, -0.1) is 0 Å². The molecule has 150 valence electrons. The summed E-state index contributed by atoms with van der Waals surface area (Å²) in [7, 11) is 0. The zero-order valence-electron chi connectivity index (χ0n) is 13.8. The number of hydrogen-bond donors (Lipinski definition) is 6. The van der Waals surface area contributed by atoms with Gasteiger partial charge in [0.2, 0.25) is 0 Å². The number of unbranched alkanes of at least 4 members (excludes halogenated alkanes) is 1. The van der Waals surface area contributed by atoms with E-state index in [0.717, 1.165) is 0 Å². The smallest absolute Gasteiger partial charge is 0.338 e. The molecule has 6 N–H and O–H groups in total. The molecule has 0 fully saturated rings. The van der Waals surface area contributed by atoms with E-state index in [1.165, 1.54) is 6.92 Å². The Balaban J connectivity index is 4.04. The SMILES string of the molecule is CC(CCCCOC(=O)C(O)C(O)C(=O)O)OC(=O)C(O)C(O)C(=O)O. The quantitative estimate of drug-likeness (QED) is 0.150. The van der Waals surface area contributed by atoms with Gasteiger partial charge in [-0.05, 0) is 26.2 Å². The number of aliphatic carboxylic acids is 2. The second kappa shape index (κ2) is 11.4. The van der Waals surface area contributed by atoms with Crippen molar-refractivity contribution >= 4 is 23.9 Å². The molecule has 5 unspecified atom stereocenters. The van der Waals surface area contributed by atoms with Crippen LogP contribution in [0.4, 0.5) is 0 Å². The molecule has 0 radical (unpaired) electrons. The molecule has 0 aromatic heterocycles. The maximum absolute atomic E-state index is 11.4. The van der Waals surface area contributed by atoms with Crippen LogP contribution in [-0.2, 0) is 28.7 Å². The molecule has 0 spiro atoms. The number of carbonyl (C=O) groups excluding carboxylic acids is 2. The average Bonchev–Trinajstić information content (AvgIpc) is 2.57. The van der Waals surface area contributed by atoms with E-state index in [-0.39, 0.29) is 19.4 Å². The Bertz CT molecular complexity index is 504. The summed E-state index contributed by atoms with van der Waals surface area (Å²) in [5, 5.41) is 53.3. The highest BCUT2D eigenvalue weighted by Crippen LogP contribution is 2.08. The Morgan fingerprint density at radius 2 is 1.23 bits per heavy atom. The largest absolute Gasteiger partial charge is 0.479 e. The van der Waals surface area contributed by atoms with Crippen molar-refractivity contribution in [3.63, 3.8) is 0 Å². The summed E-state index contributed by atoms with van der Waals surface area (Å²) in [6.45, 7) is 1.26. The molecule has 5 atom stereocenters. The number of aliphatic hydroxyl groups is 4. The van der Waals surface area contributed by atoms with Gasteiger partial charge in [0.15, 0.2) is 24.4 Å². The summed E-state index contributed by atoms with van der Waals surface area (Å²) in [5.74, 6) is -6.16. The van der Waals surface area contributed by atoms with Crippen LogP contribution in [0, 0.1) is 0 Å². The zero-order valence-corrected chi connectivity index (χ0v) is 13.8. The summed E-state index contributed by atoms with van der Waals surface area (Å²) in [5.41, 5.74) is 0. The zero-order chi connectivity index (χ0) is 20.4. The number of esters is 2. The van der Waals surface area contributed by atoms with Gasteiger partial charge in [-0.3, -0.25) is 0 Å². The van der Waals surface area contributed by atoms with Crippen LogP contribution in [-0.4, -0.2) is 91.6 Å². The van der Waals surface area contributed by atoms with E-state index in [9.17, 15) is 29.4 Å². The Kier molecular flexibility index (Phi) is 10.4. The molecule has 0 saturated carbocycles. The first-order valence-corrected chi connectivity index (χ1v) is 7.54. The van der Waals surface area contributed by atoms with Crippen LogP contribution in [0.2, 0.25) is 0 Å². The van der Waals surface area contributed by atoms with Gasteiger partial charge in [-0.25, -0.2) is 19.2 Å². The van der Waals surface area contributed by atoms with Crippen molar-refractivity contribution in [2.24, 2.45) is 0 Å². The molecule has 0 aliphatic heterocycles. The number of ether oxygens (including phenoxy) is 2. The first-order valence-electron chi connectivity index (χ1n) is 7.54. The van der Waals surface area contributed by atoms with Crippen molar-refractivity contribution in [2.45, 2.75) is 56.7 Å². The normalized spacial score (nSPS) is 16.7. The lowest BCUT2D eigenvalue weighted by Crippen LogP contribution is -2.41. The van der Waals surface area contributed by atoms with Crippen molar-refractivity contribution in [3.05, 3.63) is 0 Å². The van der Waals surface area contributed by atoms with Crippen molar-refractivity contribution in [2.75, 3.05) is 6.61 Å². The predicted octanol–water partition coefficient (Wildman–Crippen LogP) is -2.76. The minimum atomic E-state index is -2.30. The lowest BCUT2D eigenvalue weighted by Gasteiger charge is -2.17. The second-order valence-corrected chi connectivity index (χ2v) is 5.37. The molecule has 26 heavy (non-hydrogen) atoms. The Labute approximate surface area is 147 Å².